The Balaban J connectivity index is 1.95. The summed E-state index contributed by atoms with van der Waals surface area (Å²) < 4.78 is 1.83. The lowest BCUT2D eigenvalue weighted by Gasteiger charge is -2.10. The number of hydrogen-bond donors (Lipinski definition) is 2. The summed E-state index contributed by atoms with van der Waals surface area (Å²) in [7, 11) is 0. The van der Waals surface area contributed by atoms with Crippen LogP contribution in [0.25, 0.3) is 0 Å². The predicted octanol–water partition coefficient (Wildman–Crippen LogP) is 1.22. The number of carbonyl (C=O) groups is 1. The Morgan fingerprint density at radius 2 is 2.20 bits per heavy atom. The minimum Gasteiger partial charge on any atom is -0.325 e. The SMILES string of the molecule is C#CCC(N)C(=O)Nc1ccc(Cn2cccn2)cc1. The van der Waals surface area contributed by atoms with Crippen molar-refractivity contribution in [3.8, 4) is 12.3 Å². The van der Waals surface area contributed by atoms with Crippen LogP contribution in [-0.4, -0.2) is 21.7 Å². The Morgan fingerprint density at radius 3 is 2.80 bits per heavy atom. The van der Waals surface area contributed by atoms with Gasteiger partial charge in [-0.2, -0.15) is 5.10 Å². The van der Waals surface area contributed by atoms with Crippen molar-refractivity contribution in [2.75, 3.05) is 5.32 Å². The van der Waals surface area contributed by atoms with E-state index in [9.17, 15) is 4.79 Å². The number of amides is 1. The predicted molar refractivity (Wildman–Crippen MR) is 77.8 cm³/mol. The lowest BCUT2D eigenvalue weighted by atomic mass is 10.2. The molecule has 2 rings (SSSR count). The van der Waals surface area contributed by atoms with Gasteiger partial charge in [0.1, 0.15) is 0 Å². The molecule has 0 aliphatic rings. The van der Waals surface area contributed by atoms with Crippen molar-refractivity contribution >= 4 is 11.6 Å². The van der Waals surface area contributed by atoms with Crippen LogP contribution in [0.15, 0.2) is 42.7 Å². The molecule has 0 bridgehead atoms. The lowest BCUT2D eigenvalue weighted by Crippen LogP contribution is -2.35. The van der Waals surface area contributed by atoms with E-state index < -0.39 is 6.04 Å². The van der Waals surface area contributed by atoms with Gasteiger partial charge >= 0.3 is 0 Å². The first-order chi connectivity index (χ1) is 9.69. The third kappa shape index (κ3) is 3.70. The van der Waals surface area contributed by atoms with Crippen molar-refractivity contribution < 1.29 is 4.79 Å². The van der Waals surface area contributed by atoms with Crippen LogP contribution >= 0.6 is 0 Å². The number of nitrogens with one attached hydrogen (secondary N) is 1. The molecule has 1 atom stereocenters. The highest BCUT2D eigenvalue weighted by Gasteiger charge is 2.11. The average Bonchev–Trinajstić information content (AvgIpc) is 2.94. The molecule has 20 heavy (non-hydrogen) atoms. The molecule has 2 aromatic rings. The molecule has 1 aromatic carbocycles. The van der Waals surface area contributed by atoms with Crippen molar-refractivity contribution in [1.82, 2.24) is 9.78 Å². The number of rotatable bonds is 5. The van der Waals surface area contributed by atoms with Gasteiger partial charge in [0.15, 0.2) is 0 Å². The van der Waals surface area contributed by atoms with Gasteiger partial charge in [-0.1, -0.05) is 12.1 Å². The second kappa shape index (κ2) is 6.55. The molecule has 5 heteroatoms. The van der Waals surface area contributed by atoms with Crippen LogP contribution in [-0.2, 0) is 11.3 Å². The normalized spacial score (nSPS) is 11.6. The Bertz CT molecular complexity index is 596. The van der Waals surface area contributed by atoms with Gasteiger partial charge in [0.05, 0.1) is 12.6 Å². The van der Waals surface area contributed by atoms with Crippen LogP contribution < -0.4 is 11.1 Å². The largest absolute Gasteiger partial charge is 0.325 e. The van der Waals surface area contributed by atoms with Gasteiger partial charge in [-0.25, -0.2) is 0 Å². The van der Waals surface area contributed by atoms with Crippen LogP contribution in [0.5, 0.6) is 0 Å². The summed E-state index contributed by atoms with van der Waals surface area (Å²) in [5.41, 5.74) is 7.43. The zero-order chi connectivity index (χ0) is 14.4. The van der Waals surface area contributed by atoms with Gasteiger partial charge in [0.25, 0.3) is 0 Å². The van der Waals surface area contributed by atoms with E-state index in [1.807, 2.05) is 41.2 Å². The maximum Gasteiger partial charge on any atom is 0.242 e. The molecule has 0 saturated heterocycles. The van der Waals surface area contributed by atoms with Crippen LogP contribution in [0.3, 0.4) is 0 Å². The molecule has 102 valence electrons. The minimum atomic E-state index is -0.677. The average molecular weight is 268 g/mol. The van der Waals surface area contributed by atoms with E-state index in [0.717, 1.165) is 5.56 Å². The van der Waals surface area contributed by atoms with Crippen LogP contribution in [0.4, 0.5) is 5.69 Å². The van der Waals surface area contributed by atoms with Crippen molar-refractivity contribution in [3.63, 3.8) is 0 Å². The van der Waals surface area contributed by atoms with Gasteiger partial charge in [-0.15, -0.1) is 12.3 Å². The fourth-order valence-corrected chi connectivity index (χ4v) is 1.73. The van der Waals surface area contributed by atoms with E-state index in [0.29, 0.717) is 12.2 Å². The van der Waals surface area contributed by atoms with Gasteiger partial charge in [-0.05, 0) is 23.8 Å². The summed E-state index contributed by atoms with van der Waals surface area (Å²) in [4.78, 5) is 11.7. The number of terminal acetylenes is 1. The number of anilines is 1. The maximum atomic E-state index is 11.7. The van der Waals surface area contributed by atoms with E-state index in [1.165, 1.54) is 0 Å². The highest BCUT2D eigenvalue weighted by molar-refractivity contribution is 5.94. The molecular formula is C15H16N4O. The summed E-state index contributed by atoms with van der Waals surface area (Å²) in [6.45, 7) is 0.692. The molecule has 1 heterocycles. The molecule has 0 aliphatic carbocycles. The number of aromatic nitrogens is 2. The fraction of sp³-hybridized carbons (Fsp3) is 0.200. The Kier molecular flexibility index (Phi) is 4.53. The first-order valence-electron chi connectivity index (χ1n) is 6.25. The number of nitrogens with zero attached hydrogens (tertiary/aromatic N) is 2. The van der Waals surface area contributed by atoms with Gasteiger partial charge < -0.3 is 11.1 Å². The van der Waals surface area contributed by atoms with E-state index in [2.05, 4.69) is 16.3 Å². The highest BCUT2D eigenvalue weighted by Crippen LogP contribution is 2.11. The molecule has 1 amide bonds. The van der Waals surface area contributed by atoms with Crippen molar-refractivity contribution in [2.45, 2.75) is 19.0 Å². The number of benzene rings is 1. The van der Waals surface area contributed by atoms with Crippen LogP contribution in [0.1, 0.15) is 12.0 Å². The monoisotopic (exact) mass is 268 g/mol. The molecule has 0 saturated carbocycles. The van der Waals surface area contributed by atoms with E-state index in [-0.39, 0.29) is 12.3 Å². The van der Waals surface area contributed by atoms with Crippen LogP contribution in [0.2, 0.25) is 0 Å². The van der Waals surface area contributed by atoms with E-state index in [1.54, 1.807) is 6.20 Å². The molecular weight excluding hydrogens is 252 g/mol. The summed E-state index contributed by atoms with van der Waals surface area (Å²) >= 11 is 0. The fourth-order valence-electron chi connectivity index (χ4n) is 1.73. The second-order valence-electron chi connectivity index (χ2n) is 4.40. The topological polar surface area (TPSA) is 72.9 Å². The summed E-state index contributed by atoms with van der Waals surface area (Å²) in [5, 5.41) is 6.87. The molecule has 1 aromatic heterocycles. The van der Waals surface area contributed by atoms with Crippen molar-refractivity contribution in [1.29, 1.82) is 0 Å². The standard InChI is InChI=1S/C15H16N4O/c1-2-4-14(16)15(20)18-13-7-5-12(6-8-13)11-19-10-3-9-17-19/h1,3,5-10,14H,4,11,16H2,(H,18,20). The molecule has 3 N–H and O–H groups in total. The zero-order valence-corrected chi connectivity index (χ0v) is 11.0. The molecule has 0 aliphatic heterocycles. The molecule has 0 fully saturated rings. The van der Waals surface area contributed by atoms with Crippen molar-refractivity contribution in [2.24, 2.45) is 5.73 Å². The number of nitrogens with two attached hydrogens (primary N) is 1. The highest BCUT2D eigenvalue weighted by atomic mass is 16.2. The first kappa shape index (κ1) is 13.8. The summed E-state index contributed by atoms with van der Waals surface area (Å²) in [5.74, 6) is 2.10. The molecule has 0 radical (unpaired) electrons. The van der Waals surface area contributed by atoms with Gasteiger partial charge in [0.2, 0.25) is 5.91 Å². The summed E-state index contributed by atoms with van der Waals surface area (Å²) in [6.07, 6.45) is 8.99. The van der Waals surface area contributed by atoms with Gasteiger partial charge in [0, 0.05) is 24.5 Å². The zero-order valence-electron chi connectivity index (χ0n) is 11.0. The van der Waals surface area contributed by atoms with E-state index in [4.69, 9.17) is 12.2 Å². The smallest absolute Gasteiger partial charge is 0.242 e. The third-order valence-electron chi connectivity index (χ3n) is 2.80. The minimum absolute atomic E-state index is 0.225. The second-order valence-corrected chi connectivity index (χ2v) is 4.40. The summed E-state index contributed by atoms with van der Waals surface area (Å²) in [6, 6.07) is 8.73. The molecule has 1 unspecified atom stereocenters. The van der Waals surface area contributed by atoms with E-state index >= 15 is 0 Å². The van der Waals surface area contributed by atoms with Gasteiger partial charge in [-0.3, -0.25) is 9.48 Å². The number of hydrogen-bond acceptors (Lipinski definition) is 3. The number of carbonyl (C=O) groups excluding carboxylic acids is 1. The maximum absolute atomic E-state index is 11.7. The first-order valence-corrected chi connectivity index (χ1v) is 6.25. The Labute approximate surface area is 117 Å². The van der Waals surface area contributed by atoms with Crippen LogP contribution in [0, 0.1) is 12.3 Å². The molecule has 0 spiro atoms. The van der Waals surface area contributed by atoms with Crippen molar-refractivity contribution in [3.05, 3.63) is 48.3 Å². The Morgan fingerprint density at radius 1 is 1.45 bits per heavy atom. The molecule has 5 nitrogen and oxygen atoms in total. The third-order valence-corrected chi connectivity index (χ3v) is 2.80. The lowest BCUT2D eigenvalue weighted by molar-refractivity contribution is -0.117. The quantitative estimate of drug-likeness (QED) is 0.801. The Hall–Kier alpha value is -2.58.